The van der Waals surface area contributed by atoms with Gasteiger partial charge in [0.1, 0.15) is 17.3 Å². The largest absolute Gasteiger partial charge is 0.508 e. The minimum atomic E-state index is -1.04. The molecule has 0 aliphatic carbocycles. The van der Waals surface area contributed by atoms with Crippen molar-refractivity contribution in [3.05, 3.63) is 94.0 Å². The lowest BCUT2D eigenvalue weighted by Gasteiger charge is -2.25. The summed E-state index contributed by atoms with van der Waals surface area (Å²) in [6, 6.07) is 15.5. The van der Waals surface area contributed by atoms with Crippen LogP contribution in [0.2, 0.25) is 5.02 Å². The second-order valence-electron chi connectivity index (χ2n) is 8.29. The van der Waals surface area contributed by atoms with Gasteiger partial charge in [0.2, 0.25) is 0 Å². The first kappa shape index (κ1) is 25.8. The Bertz CT molecular complexity index is 1380. The zero-order chi connectivity index (χ0) is 26.7. The number of hydrogen-bond donors (Lipinski definition) is 2. The first-order chi connectivity index (χ1) is 17.8. The SMILES string of the molecule is CCCOC(=O)c1ccc(N2C(=O)C(=O)/C(=C(/O)c3cc(OC)ccc3Cl)C2c2ccc(O)cc2)cc1. The highest BCUT2D eigenvalue weighted by Crippen LogP contribution is 2.43. The molecule has 8 nitrogen and oxygen atoms in total. The van der Waals surface area contributed by atoms with E-state index in [1.165, 1.54) is 60.5 Å². The number of aromatic hydroxyl groups is 1. The number of carbonyl (C=O) groups excluding carboxylic acids is 3. The van der Waals surface area contributed by atoms with E-state index in [1.54, 1.807) is 18.2 Å². The second kappa shape index (κ2) is 10.8. The number of Topliss-reactive ketones (excluding diaryl/α,β-unsaturated/α-hetero) is 1. The number of aliphatic hydroxyl groups excluding tert-OH is 1. The standard InChI is InChI=1S/C28H24ClNO7/c1-3-14-37-28(35)17-4-8-18(9-5-17)30-24(16-6-10-19(31)11-7-16)23(26(33)27(30)34)25(32)21-15-20(36-2)12-13-22(21)29/h4-13,15,24,31-32H,3,14H2,1-2H3/b25-23+. The summed E-state index contributed by atoms with van der Waals surface area (Å²) in [7, 11) is 1.45. The van der Waals surface area contributed by atoms with Gasteiger partial charge in [0.05, 0.1) is 35.9 Å². The van der Waals surface area contributed by atoms with Crippen LogP contribution in [0.1, 0.15) is 40.9 Å². The van der Waals surface area contributed by atoms with E-state index in [2.05, 4.69) is 0 Å². The number of ether oxygens (including phenoxy) is 2. The molecule has 1 unspecified atom stereocenters. The summed E-state index contributed by atoms with van der Waals surface area (Å²) >= 11 is 6.33. The van der Waals surface area contributed by atoms with E-state index in [0.29, 0.717) is 23.4 Å². The summed E-state index contributed by atoms with van der Waals surface area (Å²) in [6.07, 6.45) is 0.679. The molecule has 3 aromatic carbocycles. The normalized spacial score (nSPS) is 16.6. The van der Waals surface area contributed by atoms with Crippen molar-refractivity contribution in [3.63, 3.8) is 0 Å². The summed E-state index contributed by atoms with van der Waals surface area (Å²) < 4.78 is 10.4. The van der Waals surface area contributed by atoms with Crippen molar-refractivity contribution >= 4 is 40.7 Å². The first-order valence-electron chi connectivity index (χ1n) is 11.5. The lowest BCUT2D eigenvalue weighted by molar-refractivity contribution is -0.132. The van der Waals surface area contributed by atoms with Gasteiger partial charge < -0.3 is 19.7 Å². The molecule has 9 heteroatoms. The van der Waals surface area contributed by atoms with Crippen molar-refractivity contribution in [3.8, 4) is 11.5 Å². The molecule has 0 saturated carbocycles. The third-order valence-electron chi connectivity index (χ3n) is 5.90. The number of methoxy groups -OCH3 is 1. The molecule has 1 aliphatic heterocycles. The van der Waals surface area contributed by atoms with E-state index >= 15 is 0 Å². The monoisotopic (exact) mass is 521 g/mol. The molecule has 1 saturated heterocycles. The van der Waals surface area contributed by atoms with Crippen molar-refractivity contribution in [2.75, 3.05) is 18.6 Å². The van der Waals surface area contributed by atoms with Crippen LogP contribution in [-0.4, -0.2) is 41.6 Å². The van der Waals surface area contributed by atoms with Crippen LogP contribution in [-0.2, 0) is 14.3 Å². The fraction of sp³-hybridized carbons (Fsp3) is 0.179. The molecule has 0 bridgehead atoms. The number of benzene rings is 3. The number of phenolic OH excluding ortho intramolecular Hbond substituents is 1. The van der Waals surface area contributed by atoms with Gasteiger partial charge in [-0.25, -0.2) is 4.79 Å². The van der Waals surface area contributed by atoms with Gasteiger partial charge >= 0.3 is 5.97 Å². The number of ketones is 1. The highest BCUT2D eigenvalue weighted by Gasteiger charge is 2.47. The molecule has 3 aromatic rings. The van der Waals surface area contributed by atoms with Crippen molar-refractivity contribution in [1.29, 1.82) is 0 Å². The van der Waals surface area contributed by atoms with E-state index in [4.69, 9.17) is 21.1 Å². The first-order valence-corrected chi connectivity index (χ1v) is 11.9. The Hall–Kier alpha value is -4.30. The van der Waals surface area contributed by atoms with Crippen LogP contribution in [0.25, 0.3) is 5.76 Å². The van der Waals surface area contributed by atoms with E-state index in [0.717, 1.165) is 0 Å². The van der Waals surface area contributed by atoms with Crippen LogP contribution in [0.3, 0.4) is 0 Å². The maximum absolute atomic E-state index is 13.3. The number of aliphatic hydroxyl groups is 1. The van der Waals surface area contributed by atoms with Crippen LogP contribution in [0, 0.1) is 0 Å². The number of esters is 1. The van der Waals surface area contributed by atoms with Crippen LogP contribution in [0.5, 0.6) is 11.5 Å². The minimum Gasteiger partial charge on any atom is -0.508 e. The Balaban J connectivity index is 1.85. The third kappa shape index (κ3) is 5.01. The Kier molecular flexibility index (Phi) is 7.50. The van der Waals surface area contributed by atoms with Gasteiger partial charge in [-0.1, -0.05) is 30.7 Å². The summed E-state index contributed by atoms with van der Waals surface area (Å²) in [6.45, 7) is 2.16. The van der Waals surface area contributed by atoms with Crippen LogP contribution in [0.4, 0.5) is 5.69 Å². The molecular formula is C28H24ClNO7. The molecule has 1 heterocycles. The zero-order valence-corrected chi connectivity index (χ0v) is 20.9. The van der Waals surface area contributed by atoms with Gasteiger partial charge in [0.25, 0.3) is 11.7 Å². The van der Waals surface area contributed by atoms with Crippen molar-refractivity contribution in [2.45, 2.75) is 19.4 Å². The Labute approximate surface area is 218 Å². The number of hydrogen-bond acceptors (Lipinski definition) is 7. The number of amides is 1. The predicted molar refractivity (Wildman–Crippen MR) is 138 cm³/mol. The van der Waals surface area contributed by atoms with Gasteiger partial charge in [-0.05, 0) is 66.6 Å². The fourth-order valence-corrected chi connectivity index (χ4v) is 4.27. The van der Waals surface area contributed by atoms with Crippen LogP contribution >= 0.6 is 11.6 Å². The van der Waals surface area contributed by atoms with Crippen molar-refractivity contribution in [1.82, 2.24) is 0 Å². The van der Waals surface area contributed by atoms with E-state index in [-0.39, 0.29) is 34.1 Å². The number of halogens is 1. The molecular weight excluding hydrogens is 498 g/mol. The molecule has 2 N–H and O–H groups in total. The quantitative estimate of drug-likeness (QED) is 0.189. The average molecular weight is 522 g/mol. The van der Waals surface area contributed by atoms with Crippen molar-refractivity contribution in [2.24, 2.45) is 0 Å². The van der Waals surface area contributed by atoms with Crippen molar-refractivity contribution < 1.29 is 34.1 Å². The van der Waals surface area contributed by atoms with Gasteiger partial charge in [0, 0.05) is 11.3 Å². The lowest BCUT2D eigenvalue weighted by atomic mass is 9.95. The molecule has 37 heavy (non-hydrogen) atoms. The van der Waals surface area contributed by atoms with E-state index in [1.807, 2.05) is 6.92 Å². The Morgan fingerprint density at radius 1 is 1.03 bits per heavy atom. The predicted octanol–water partition coefficient (Wildman–Crippen LogP) is 5.25. The van der Waals surface area contributed by atoms with Gasteiger partial charge in [-0.15, -0.1) is 0 Å². The molecule has 1 fully saturated rings. The van der Waals surface area contributed by atoms with E-state index < -0.39 is 29.5 Å². The number of carbonyl (C=O) groups is 3. The Morgan fingerprint density at radius 2 is 1.70 bits per heavy atom. The van der Waals surface area contributed by atoms with E-state index in [9.17, 15) is 24.6 Å². The molecule has 190 valence electrons. The maximum Gasteiger partial charge on any atom is 0.338 e. The summed E-state index contributed by atoms with van der Waals surface area (Å²) in [5.74, 6) is -2.37. The van der Waals surface area contributed by atoms with Gasteiger partial charge in [0.15, 0.2) is 0 Å². The molecule has 4 rings (SSSR count). The summed E-state index contributed by atoms with van der Waals surface area (Å²) in [4.78, 5) is 40.1. The fourth-order valence-electron chi connectivity index (χ4n) is 4.06. The summed E-state index contributed by atoms with van der Waals surface area (Å²) in [5.41, 5.74) is 1.01. The smallest absolute Gasteiger partial charge is 0.338 e. The minimum absolute atomic E-state index is 0.00788. The Morgan fingerprint density at radius 3 is 2.32 bits per heavy atom. The lowest BCUT2D eigenvalue weighted by Crippen LogP contribution is -2.29. The average Bonchev–Trinajstić information content (AvgIpc) is 3.17. The molecule has 1 aliphatic rings. The molecule has 0 aromatic heterocycles. The van der Waals surface area contributed by atoms with Gasteiger partial charge in [-0.2, -0.15) is 0 Å². The number of anilines is 1. The highest BCUT2D eigenvalue weighted by molar-refractivity contribution is 6.52. The van der Waals surface area contributed by atoms with Gasteiger partial charge in [-0.3, -0.25) is 14.5 Å². The zero-order valence-electron chi connectivity index (χ0n) is 20.1. The molecule has 0 radical (unpaired) electrons. The topological polar surface area (TPSA) is 113 Å². The highest BCUT2D eigenvalue weighted by atomic mass is 35.5. The number of nitrogens with zero attached hydrogens (tertiary/aromatic N) is 1. The summed E-state index contributed by atoms with van der Waals surface area (Å²) in [5, 5.41) is 21.2. The molecule has 1 atom stereocenters. The number of rotatable bonds is 7. The van der Waals surface area contributed by atoms with Crippen LogP contribution in [0.15, 0.2) is 72.3 Å². The molecule has 1 amide bonds. The third-order valence-corrected chi connectivity index (χ3v) is 6.23. The number of phenols is 1. The second-order valence-corrected chi connectivity index (χ2v) is 8.70. The van der Waals surface area contributed by atoms with Crippen LogP contribution < -0.4 is 9.64 Å². The molecule has 0 spiro atoms. The maximum atomic E-state index is 13.3.